The van der Waals surface area contributed by atoms with Crippen molar-refractivity contribution in [3.63, 3.8) is 0 Å². The van der Waals surface area contributed by atoms with Crippen molar-refractivity contribution < 1.29 is 9.13 Å². The summed E-state index contributed by atoms with van der Waals surface area (Å²) in [6.45, 7) is 6.43. The summed E-state index contributed by atoms with van der Waals surface area (Å²) in [4.78, 5) is 2.23. The van der Waals surface area contributed by atoms with E-state index in [1.807, 2.05) is 6.07 Å². The first-order valence-corrected chi connectivity index (χ1v) is 6.93. The van der Waals surface area contributed by atoms with Gasteiger partial charge in [0.2, 0.25) is 0 Å². The predicted octanol–water partition coefficient (Wildman–Crippen LogP) is 1.88. The zero-order chi connectivity index (χ0) is 13.7. The molecule has 1 aromatic carbocycles. The summed E-state index contributed by atoms with van der Waals surface area (Å²) in [5.74, 6) is 0.346. The quantitative estimate of drug-likeness (QED) is 0.851. The second-order valence-corrected chi connectivity index (χ2v) is 5.29. The first-order valence-electron chi connectivity index (χ1n) is 6.93. The maximum absolute atomic E-state index is 13.1. The molecule has 1 fully saturated rings. The number of benzene rings is 1. The lowest BCUT2D eigenvalue weighted by Gasteiger charge is -2.24. The molecule has 1 aliphatic heterocycles. The minimum Gasteiger partial charge on any atom is -0.379 e. The van der Waals surface area contributed by atoms with Crippen molar-refractivity contribution in [2.75, 3.05) is 33.4 Å². The maximum atomic E-state index is 13.1. The lowest BCUT2D eigenvalue weighted by atomic mass is 10.0. The van der Waals surface area contributed by atoms with Gasteiger partial charge in [-0.3, -0.25) is 0 Å². The third kappa shape index (κ3) is 4.27. The van der Waals surface area contributed by atoms with Gasteiger partial charge in [0.15, 0.2) is 0 Å². The summed E-state index contributed by atoms with van der Waals surface area (Å²) in [5, 5.41) is 3.46. The van der Waals surface area contributed by atoms with Crippen LogP contribution in [0.3, 0.4) is 0 Å². The van der Waals surface area contributed by atoms with Gasteiger partial charge >= 0.3 is 0 Å². The highest BCUT2D eigenvalue weighted by Crippen LogP contribution is 2.16. The molecule has 0 amide bonds. The van der Waals surface area contributed by atoms with Crippen LogP contribution in [-0.4, -0.2) is 44.3 Å². The number of nitrogens with one attached hydrogen (secondary N) is 1. The Balaban J connectivity index is 1.85. The number of halogens is 1. The number of nitrogens with zero attached hydrogens (tertiary/aromatic N) is 1. The summed E-state index contributed by atoms with van der Waals surface area (Å²) in [5.41, 5.74) is 1.02. The Bertz CT molecular complexity index is 399. The van der Waals surface area contributed by atoms with Crippen LogP contribution in [0.15, 0.2) is 24.3 Å². The van der Waals surface area contributed by atoms with Gasteiger partial charge in [-0.15, -0.1) is 0 Å². The molecule has 1 N–H and O–H groups in total. The molecule has 0 spiro atoms. The Morgan fingerprint density at radius 1 is 1.42 bits per heavy atom. The van der Waals surface area contributed by atoms with Crippen molar-refractivity contribution in [3.05, 3.63) is 35.6 Å². The Hall–Kier alpha value is -0.970. The molecule has 4 heteroatoms. The number of ether oxygens (including phenoxy) is 1. The van der Waals surface area contributed by atoms with E-state index in [1.165, 1.54) is 6.07 Å². The topological polar surface area (TPSA) is 24.5 Å². The van der Waals surface area contributed by atoms with Gasteiger partial charge in [-0.1, -0.05) is 19.1 Å². The van der Waals surface area contributed by atoms with Crippen LogP contribution in [-0.2, 0) is 11.3 Å². The lowest BCUT2D eigenvalue weighted by molar-refractivity contribution is 0.172. The Kier molecular flexibility index (Phi) is 5.31. The Morgan fingerprint density at radius 3 is 3.00 bits per heavy atom. The van der Waals surface area contributed by atoms with Gasteiger partial charge in [0.05, 0.1) is 13.2 Å². The predicted molar refractivity (Wildman–Crippen MR) is 74.5 cm³/mol. The van der Waals surface area contributed by atoms with Gasteiger partial charge in [0.1, 0.15) is 5.82 Å². The molecule has 0 radical (unpaired) electrons. The van der Waals surface area contributed by atoms with E-state index >= 15 is 0 Å². The molecule has 106 valence electrons. The van der Waals surface area contributed by atoms with Crippen molar-refractivity contribution in [2.24, 2.45) is 5.92 Å². The maximum Gasteiger partial charge on any atom is 0.123 e. The van der Waals surface area contributed by atoms with Crippen molar-refractivity contribution in [2.45, 2.75) is 19.5 Å². The molecule has 2 unspecified atom stereocenters. The first-order chi connectivity index (χ1) is 9.19. The van der Waals surface area contributed by atoms with Crippen LogP contribution >= 0.6 is 0 Å². The van der Waals surface area contributed by atoms with Crippen molar-refractivity contribution in [1.82, 2.24) is 10.2 Å². The molecule has 1 aromatic rings. The summed E-state index contributed by atoms with van der Waals surface area (Å²) >= 11 is 0. The van der Waals surface area contributed by atoms with Gasteiger partial charge in [-0.05, 0) is 31.3 Å². The van der Waals surface area contributed by atoms with Gasteiger partial charge in [0, 0.05) is 25.0 Å². The number of rotatable bonds is 6. The fraction of sp³-hybridized carbons (Fsp3) is 0.600. The smallest absolute Gasteiger partial charge is 0.123 e. The van der Waals surface area contributed by atoms with Crippen LogP contribution in [0.25, 0.3) is 0 Å². The monoisotopic (exact) mass is 266 g/mol. The molecule has 19 heavy (non-hydrogen) atoms. The highest BCUT2D eigenvalue weighted by atomic mass is 19.1. The van der Waals surface area contributed by atoms with E-state index in [0.29, 0.717) is 12.0 Å². The molecule has 1 heterocycles. The summed E-state index contributed by atoms with van der Waals surface area (Å²) < 4.78 is 18.7. The second-order valence-electron chi connectivity index (χ2n) is 5.29. The van der Waals surface area contributed by atoms with Crippen molar-refractivity contribution in [3.8, 4) is 0 Å². The van der Waals surface area contributed by atoms with E-state index in [0.717, 1.165) is 38.4 Å². The molecule has 0 bridgehead atoms. The number of hydrogen-bond donors (Lipinski definition) is 1. The summed E-state index contributed by atoms with van der Waals surface area (Å²) in [6.07, 6.45) is 0. The molecule has 2 atom stereocenters. The minimum absolute atomic E-state index is 0.166. The average Bonchev–Trinajstić information content (AvgIpc) is 2.77. The average molecular weight is 266 g/mol. The molecule has 0 saturated carbocycles. The molecular weight excluding hydrogens is 243 g/mol. The highest BCUT2D eigenvalue weighted by molar-refractivity contribution is 5.16. The van der Waals surface area contributed by atoms with E-state index in [9.17, 15) is 4.39 Å². The van der Waals surface area contributed by atoms with E-state index in [1.54, 1.807) is 12.1 Å². The summed E-state index contributed by atoms with van der Waals surface area (Å²) in [7, 11) is 2.08. The SMILES string of the molecule is CCNC1COCC1CN(C)Cc1cccc(F)c1. The standard InChI is InChI=1S/C15H23FN2O/c1-3-17-15-11-19-10-13(15)9-18(2)8-12-5-4-6-14(16)7-12/h4-7,13,15,17H,3,8-11H2,1-2H3. The van der Waals surface area contributed by atoms with Crippen LogP contribution < -0.4 is 5.32 Å². The Labute approximate surface area is 114 Å². The number of likely N-dealkylation sites (N-methyl/N-ethyl adjacent to an activating group) is 1. The third-order valence-electron chi connectivity index (χ3n) is 3.55. The fourth-order valence-electron chi connectivity index (χ4n) is 2.68. The lowest BCUT2D eigenvalue weighted by Crippen LogP contribution is -2.40. The van der Waals surface area contributed by atoms with E-state index in [2.05, 4.69) is 24.2 Å². The van der Waals surface area contributed by atoms with Crippen LogP contribution in [0, 0.1) is 11.7 Å². The summed E-state index contributed by atoms with van der Waals surface area (Å²) in [6, 6.07) is 7.25. The van der Waals surface area contributed by atoms with E-state index < -0.39 is 0 Å². The zero-order valence-electron chi connectivity index (χ0n) is 11.7. The van der Waals surface area contributed by atoms with Crippen LogP contribution in [0.4, 0.5) is 4.39 Å². The van der Waals surface area contributed by atoms with Gasteiger partial charge in [0.25, 0.3) is 0 Å². The fourth-order valence-corrected chi connectivity index (χ4v) is 2.68. The second kappa shape index (κ2) is 6.98. The van der Waals surface area contributed by atoms with Gasteiger partial charge in [-0.2, -0.15) is 0 Å². The van der Waals surface area contributed by atoms with Crippen molar-refractivity contribution in [1.29, 1.82) is 0 Å². The highest BCUT2D eigenvalue weighted by Gasteiger charge is 2.28. The molecule has 1 saturated heterocycles. The number of hydrogen-bond acceptors (Lipinski definition) is 3. The normalized spacial score (nSPS) is 23.2. The van der Waals surface area contributed by atoms with Crippen LogP contribution in [0.2, 0.25) is 0 Å². The third-order valence-corrected chi connectivity index (χ3v) is 3.55. The van der Waals surface area contributed by atoms with Crippen molar-refractivity contribution >= 4 is 0 Å². The first kappa shape index (κ1) is 14.4. The zero-order valence-corrected chi connectivity index (χ0v) is 11.7. The molecule has 1 aliphatic rings. The molecule has 0 aromatic heterocycles. The molecular formula is C15H23FN2O. The van der Waals surface area contributed by atoms with Gasteiger partial charge in [-0.25, -0.2) is 4.39 Å². The van der Waals surface area contributed by atoms with E-state index in [-0.39, 0.29) is 5.82 Å². The van der Waals surface area contributed by atoms with Crippen LogP contribution in [0.5, 0.6) is 0 Å². The molecule has 2 rings (SSSR count). The largest absolute Gasteiger partial charge is 0.379 e. The van der Waals surface area contributed by atoms with Gasteiger partial charge < -0.3 is 15.0 Å². The van der Waals surface area contributed by atoms with Crippen LogP contribution in [0.1, 0.15) is 12.5 Å². The Morgan fingerprint density at radius 2 is 2.26 bits per heavy atom. The molecule has 3 nitrogen and oxygen atoms in total. The molecule has 0 aliphatic carbocycles. The van der Waals surface area contributed by atoms with E-state index in [4.69, 9.17) is 4.74 Å². The minimum atomic E-state index is -0.166.